The highest BCUT2D eigenvalue weighted by molar-refractivity contribution is 6.17. The Kier molecular flexibility index (Phi) is 5.32. The van der Waals surface area contributed by atoms with E-state index in [2.05, 4.69) is 9.97 Å². The number of aromatic amines is 1. The molecule has 1 heterocycles. The van der Waals surface area contributed by atoms with Crippen LogP contribution >= 0.6 is 24.0 Å². The van der Waals surface area contributed by atoms with E-state index in [-0.39, 0.29) is 12.4 Å². The number of methoxy groups -OCH3 is 1. The summed E-state index contributed by atoms with van der Waals surface area (Å²) in [5, 5.41) is 0. The van der Waals surface area contributed by atoms with Gasteiger partial charge >= 0.3 is 0 Å². The molecule has 1 aromatic heterocycles. The summed E-state index contributed by atoms with van der Waals surface area (Å²) in [4.78, 5) is 7.27. The number of nitrogens with one attached hydrogen (secondary N) is 1. The third-order valence-electron chi connectivity index (χ3n) is 2.42. The fourth-order valence-electron chi connectivity index (χ4n) is 1.63. The largest absolute Gasteiger partial charge is 0.496 e. The number of halogens is 2. The quantitative estimate of drug-likeness (QED) is 0.869. The summed E-state index contributed by atoms with van der Waals surface area (Å²) in [5.74, 6) is 2.23. The van der Waals surface area contributed by atoms with Crippen molar-refractivity contribution >= 4 is 24.0 Å². The second-order valence-corrected chi connectivity index (χ2v) is 3.76. The van der Waals surface area contributed by atoms with E-state index < -0.39 is 0 Å². The monoisotopic (exact) mass is 272 g/mol. The van der Waals surface area contributed by atoms with Crippen LogP contribution in [0.25, 0.3) is 0 Å². The second kappa shape index (κ2) is 6.52. The van der Waals surface area contributed by atoms with Crippen LogP contribution in [0.2, 0.25) is 0 Å². The molecule has 1 N–H and O–H groups in total. The van der Waals surface area contributed by atoms with E-state index >= 15 is 0 Å². The van der Waals surface area contributed by atoms with Gasteiger partial charge in [-0.3, -0.25) is 0 Å². The summed E-state index contributed by atoms with van der Waals surface area (Å²) in [7, 11) is 1.65. The summed E-state index contributed by atoms with van der Waals surface area (Å²) >= 11 is 5.86. The Morgan fingerprint density at radius 3 is 2.82 bits per heavy atom. The van der Waals surface area contributed by atoms with Gasteiger partial charge in [-0.2, -0.15) is 0 Å². The fourth-order valence-corrected chi connectivity index (χ4v) is 1.84. The molecule has 3 nitrogen and oxygen atoms in total. The molecule has 0 aliphatic carbocycles. The highest BCUT2D eigenvalue weighted by atomic mass is 35.5. The number of alkyl halides is 1. The maximum atomic E-state index is 5.86. The molecular weight excluding hydrogens is 259 g/mol. The lowest BCUT2D eigenvalue weighted by Crippen LogP contribution is -1.95. The summed E-state index contributed by atoms with van der Waals surface area (Å²) in [6.45, 7) is 0. The number of rotatable bonds is 4. The first-order valence-electron chi connectivity index (χ1n) is 5.03. The number of hydrogen-bond acceptors (Lipinski definition) is 2. The zero-order valence-corrected chi connectivity index (χ0v) is 11.0. The first kappa shape index (κ1) is 13.9. The molecule has 0 saturated heterocycles. The van der Waals surface area contributed by atoms with Gasteiger partial charge in [0.2, 0.25) is 0 Å². The van der Waals surface area contributed by atoms with E-state index in [1.807, 2.05) is 24.4 Å². The third kappa shape index (κ3) is 3.38. The lowest BCUT2D eigenvalue weighted by Gasteiger charge is -2.07. The Morgan fingerprint density at radius 1 is 1.41 bits per heavy atom. The van der Waals surface area contributed by atoms with Gasteiger partial charge in [-0.25, -0.2) is 4.98 Å². The number of H-pyrrole nitrogens is 1. The van der Waals surface area contributed by atoms with Crippen LogP contribution in [0.15, 0.2) is 30.6 Å². The van der Waals surface area contributed by atoms with Crippen LogP contribution in [0, 0.1) is 0 Å². The lowest BCUT2D eigenvalue weighted by molar-refractivity contribution is 0.411. The zero-order valence-electron chi connectivity index (χ0n) is 9.44. The predicted octanol–water partition coefficient (Wildman–Crippen LogP) is 3.17. The van der Waals surface area contributed by atoms with E-state index in [1.165, 1.54) is 5.56 Å². The Morgan fingerprint density at radius 2 is 2.24 bits per heavy atom. The number of hydrogen-bond donors (Lipinski definition) is 1. The molecule has 0 saturated carbocycles. The molecule has 1 aromatic carbocycles. The molecule has 0 fully saturated rings. The molecule has 17 heavy (non-hydrogen) atoms. The molecule has 2 aromatic rings. The normalized spacial score (nSPS) is 9.76. The van der Waals surface area contributed by atoms with Crippen molar-refractivity contribution in [3.05, 3.63) is 47.5 Å². The topological polar surface area (TPSA) is 37.9 Å². The average molecular weight is 273 g/mol. The van der Waals surface area contributed by atoms with Gasteiger partial charge < -0.3 is 9.72 Å². The lowest BCUT2D eigenvalue weighted by atomic mass is 10.1. The molecule has 2 rings (SSSR count). The van der Waals surface area contributed by atoms with Crippen LogP contribution in [0.1, 0.15) is 17.0 Å². The van der Waals surface area contributed by atoms with Gasteiger partial charge in [0.25, 0.3) is 0 Å². The van der Waals surface area contributed by atoms with E-state index in [4.69, 9.17) is 16.3 Å². The van der Waals surface area contributed by atoms with Gasteiger partial charge in [-0.05, 0) is 11.6 Å². The van der Waals surface area contributed by atoms with Crippen molar-refractivity contribution in [3.8, 4) is 5.75 Å². The SMILES string of the molecule is COc1ccc(Cc2ncc[nH]2)cc1CCl.Cl. The summed E-state index contributed by atoms with van der Waals surface area (Å²) in [6.07, 6.45) is 4.35. The van der Waals surface area contributed by atoms with E-state index in [1.54, 1.807) is 13.3 Å². The Labute approximate surface area is 112 Å². The first-order chi connectivity index (χ1) is 7.83. The van der Waals surface area contributed by atoms with Crippen molar-refractivity contribution in [3.63, 3.8) is 0 Å². The van der Waals surface area contributed by atoms with Gasteiger partial charge in [0.15, 0.2) is 0 Å². The number of ether oxygens (including phenoxy) is 1. The highest BCUT2D eigenvalue weighted by Crippen LogP contribution is 2.22. The number of imidazole rings is 1. The van der Waals surface area contributed by atoms with Crippen molar-refractivity contribution in [2.24, 2.45) is 0 Å². The van der Waals surface area contributed by atoms with Gasteiger partial charge in [-0.1, -0.05) is 12.1 Å². The van der Waals surface area contributed by atoms with Crippen LogP contribution in [0.3, 0.4) is 0 Å². The van der Waals surface area contributed by atoms with Gasteiger partial charge in [0, 0.05) is 24.4 Å². The second-order valence-electron chi connectivity index (χ2n) is 3.49. The van der Waals surface area contributed by atoms with Crippen molar-refractivity contribution in [1.82, 2.24) is 9.97 Å². The Balaban J connectivity index is 0.00000144. The molecule has 0 unspecified atom stereocenters. The molecule has 0 radical (unpaired) electrons. The Bertz CT molecular complexity index is 458. The first-order valence-corrected chi connectivity index (χ1v) is 5.57. The molecule has 0 spiro atoms. The number of nitrogens with zero attached hydrogens (tertiary/aromatic N) is 1. The van der Waals surface area contributed by atoms with Crippen molar-refractivity contribution in [1.29, 1.82) is 0 Å². The smallest absolute Gasteiger partial charge is 0.123 e. The minimum atomic E-state index is 0. The van der Waals surface area contributed by atoms with Gasteiger partial charge in [-0.15, -0.1) is 24.0 Å². The van der Waals surface area contributed by atoms with Crippen LogP contribution in [-0.4, -0.2) is 17.1 Å². The number of aromatic nitrogens is 2. The van der Waals surface area contributed by atoms with E-state index in [9.17, 15) is 0 Å². The summed E-state index contributed by atoms with van der Waals surface area (Å²) in [6, 6.07) is 6.02. The van der Waals surface area contributed by atoms with Crippen LogP contribution in [0.5, 0.6) is 5.75 Å². The molecular formula is C12H14Cl2N2O. The molecule has 0 aliphatic heterocycles. The molecule has 92 valence electrons. The average Bonchev–Trinajstić information content (AvgIpc) is 2.81. The van der Waals surface area contributed by atoms with Crippen LogP contribution < -0.4 is 4.74 Å². The molecule has 0 bridgehead atoms. The molecule has 0 aliphatic rings. The number of benzene rings is 1. The van der Waals surface area contributed by atoms with Crippen molar-refractivity contribution < 1.29 is 4.74 Å². The molecule has 0 amide bonds. The van der Waals surface area contributed by atoms with Crippen molar-refractivity contribution in [2.45, 2.75) is 12.3 Å². The summed E-state index contributed by atoms with van der Waals surface area (Å²) in [5.41, 5.74) is 2.18. The van der Waals surface area contributed by atoms with Crippen LogP contribution in [0.4, 0.5) is 0 Å². The minimum Gasteiger partial charge on any atom is -0.496 e. The standard InChI is InChI=1S/C12H13ClN2O.ClH/c1-16-11-3-2-9(6-10(11)8-13)7-12-14-4-5-15-12;/h2-6H,7-8H2,1H3,(H,14,15);1H. The van der Waals surface area contributed by atoms with E-state index in [0.29, 0.717) is 5.88 Å². The maximum Gasteiger partial charge on any atom is 0.123 e. The Hall–Kier alpha value is -1.19. The minimum absolute atomic E-state index is 0. The van der Waals surface area contributed by atoms with Gasteiger partial charge in [0.1, 0.15) is 11.6 Å². The summed E-state index contributed by atoms with van der Waals surface area (Å²) < 4.78 is 5.22. The van der Waals surface area contributed by atoms with Crippen molar-refractivity contribution in [2.75, 3.05) is 7.11 Å². The molecule has 0 atom stereocenters. The predicted molar refractivity (Wildman–Crippen MR) is 71.2 cm³/mol. The maximum absolute atomic E-state index is 5.86. The fraction of sp³-hybridized carbons (Fsp3) is 0.250. The highest BCUT2D eigenvalue weighted by Gasteiger charge is 2.04. The van der Waals surface area contributed by atoms with Gasteiger partial charge in [0.05, 0.1) is 13.0 Å². The third-order valence-corrected chi connectivity index (χ3v) is 2.70. The van der Waals surface area contributed by atoms with Crippen LogP contribution in [-0.2, 0) is 12.3 Å². The molecule has 5 heteroatoms. The zero-order chi connectivity index (χ0) is 11.4. The van der Waals surface area contributed by atoms with E-state index in [0.717, 1.165) is 23.6 Å².